The molecule has 1 saturated heterocycles. The molecule has 1 aliphatic heterocycles. The molecule has 0 unspecified atom stereocenters. The summed E-state index contributed by atoms with van der Waals surface area (Å²) in [5.41, 5.74) is 0. The summed E-state index contributed by atoms with van der Waals surface area (Å²) in [7, 11) is 0. The number of carbonyl (C=O) groups excluding carboxylic acids is 1. The van der Waals surface area contributed by atoms with Crippen molar-refractivity contribution in [1.82, 2.24) is 5.32 Å². The molecule has 13 heteroatoms. The number of unbranched alkanes of at least 4 members (excludes halogenated alkanes) is 18. The smallest absolute Gasteiger partial charge is 0.367 e. The van der Waals surface area contributed by atoms with E-state index in [1.54, 1.807) is 0 Å². The first-order valence-corrected chi connectivity index (χ1v) is 19.9. The molecule has 302 valence electrons. The number of aliphatic hydroxyl groups is 5. The van der Waals surface area contributed by atoms with Gasteiger partial charge in [0.05, 0.1) is 25.9 Å². The van der Waals surface area contributed by atoms with Crippen LogP contribution in [0.5, 0.6) is 0 Å². The van der Waals surface area contributed by atoms with E-state index in [-0.39, 0.29) is 6.61 Å². The van der Waals surface area contributed by atoms with Crippen molar-refractivity contribution in [2.75, 3.05) is 33.0 Å². The molecule has 1 amide bonds. The van der Waals surface area contributed by atoms with Gasteiger partial charge in [0.2, 0.25) is 5.91 Å². The van der Waals surface area contributed by atoms with Gasteiger partial charge >= 0.3 is 5.97 Å². The van der Waals surface area contributed by atoms with E-state index >= 15 is 0 Å². The lowest BCUT2D eigenvalue weighted by molar-refractivity contribution is -0.351. The van der Waals surface area contributed by atoms with Gasteiger partial charge in [-0.2, -0.15) is 0 Å². The average Bonchev–Trinajstić information content (AvgIpc) is 3.11. The van der Waals surface area contributed by atoms with Crippen molar-refractivity contribution in [1.29, 1.82) is 0 Å². The van der Waals surface area contributed by atoms with E-state index in [0.29, 0.717) is 13.2 Å². The Morgan fingerprint density at radius 1 is 0.745 bits per heavy atom. The second-order valence-corrected chi connectivity index (χ2v) is 14.2. The molecule has 1 heterocycles. The third-order valence-corrected chi connectivity index (χ3v) is 9.61. The molecule has 0 aromatic rings. The van der Waals surface area contributed by atoms with Gasteiger partial charge in [0, 0.05) is 20.1 Å². The van der Waals surface area contributed by atoms with Crippen LogP contribution in [-0.2, 0) is 28.5 Å². The minimum atomic E-state index is -2.90. The molecule has 8 atom stereocenters. The van der Waals surface area contributed by atoms with Crippen LogP contribution in [0.15, 0.2) is 0 Å². The molecule has 1 rings (SSSR count). The summed E-state index contributed by atoms with van der Waals surface area (Å²) in [5.74, 6) is -5.37. The maximum absolute atomic E-state index is 12.6. The van der Waals surface area contributed by atoms with E-state index in [9.17, 15) is 40.2 Å². The Balaban J connectivity index is 2.82. The van der Waals surface area contributed by atoms with Crippen LogP contribution in [0.1, 0.15) is 149 Å². The highest BCUT2D eigenvalue weighted by atomic mass is 16.7. The van der Waals surface area contributed by atoms with Crippen LogP contribution in [0.2, 0.25) is 0 Å². The van der Waals surface area contributed by atoms with E-state index in [0.717, 1.165) is 51.9 Å². The minimum Gasteiger partial charge on any atom is -0.477 e. The lowest BCUT2D eigenvalue weighted by Crippen LogP contribution is -2.74. The fraction of sp³-hybridized carbons (Fsp3) is 0.947. The Morgan fingerprint density at radius 2 is 1.22 bits per heavy atom. The van der Waals surface area contributed by atoms with Gasteiger partial charge in [0.1, 0.15) is 36.6 Å². The monoisotopic (exact) mass is 736 g/mol. The first kappa shape index (κ1) is 47.6. The highest BCUT2D eigenvalue weighted by Crippen LogP contribution is 2.34. The Morgan fingerprint density at radius 3 is 1.67 bits per heavy atom. The number of hydrogen-bond acceptors (Lipinski definition) is 11. The molecule has 1 fully saturated rings. The number of aliphatic carboxylic acids is 1. The van der Waals surface area contributed by atoms with Gasteiger partial charge in [-0.05, 0) is 12.8 Å². The largest absolute Gasteiger partial charge is 0.477 e. The van der Waals surface area contributed by atoms with Crippen LogP contribution in [0.25, 0.3) is 0 Å². The van der Waals surface area contributed by atoms with Gasteiger partial charge in [-0.25, -0.2) is 4.79 Å². The number of amides is 1. The molecule has 7 N–H and O–H groups in total. The summed E-state index contributed by atoms with van der Waals surface area (Å²) < 4.78 is 23.3. The Kier molecular flexibility index (Phi) is 27.1. The van der Waals surface area contributed by atoms with Gasteiger partial charge in [-0.1, -0.05) is 129 Å². The molecule has 1 aliphatic rings. The fourth-order valence-corrected chi connectivity index (χ4v) is 6.44. The van der Waals surface area contributed by atoms with Crippen LogP contribution in [0.3, 0.4) is 0 Å². The maximum atomic E-state index is 12.6. The first-order valence-electron chi connectivity index (χ1n) is 19.9. The molecule has 0 aliphatic carbocycles. The van der Waals surface area contributed by atoms with Crippen LogP contribution in [-0.4, -0.2) is 124 Å². The number of carboxylic acids is 1. The number of aliphatic hydroxyl groups excluding tert-OH is 5. The molecule has 0 radical (unpaired) electrons. The molecule has 0 bridgehead atoms. The maximum Gasteiger partial charge on any atom is 0.367 e. The summed E-state index contributed by atoms with van der Waals surface area (Å²) >= 11 is 0. The quantitative estimate of drug-likeness (QED) is 0.0470. The van der Waals surface area contributed by atoms with Gasteiger partial charge in [0.25, 0.3) is 5.79 Å². The molecular weight excluding hydrogens is 662 g/mol. The summed E-state index contributed by atoms with van der Waals surface area (Å²) in [6.07, 6.45) is 13.0. The first-order chi connectivity index (χ1) is 24.5. The van der Waals surface area contributed by atoms with Gasteiger partial charge in [-0.3, -0.25) is 4.79 Å². The van der Waals surface area contributed by atoms with Crippen LogP contribution in [0.4, 0.5) is 0 Å². The zero-order valence-corrected chi connectivity index (χ0v) is 31.9. The topological polar surface area (TPSA) is 204 Å². The van der Waals surface area contributed by atoms with Gasteiger partial charge in [-0.15, -0.1) is 0 Å². The SMILES string of the molecule is CCCCCCCCCCCCOC[C@H](CO[C@@]1(C(=O)O)O[C@@H]([C@H](O)[C@H](O)CO)[C@H](NC(C)=O)[C@@H](O)[C@@H]1O)OCCCCCCCCCCCC. The molecule has 0 saturated carbocycles. The zero-order valence-electron chi connectivity index (χ0n) is 31.9. The van der Waals surface area contributed by atoms with Crippen molar-refractivity contribution in [3.63, 3.8) is 0 Å². The van der Waals surface area contributed by atoms with E-state index in [1.165, 1.54) is 83.5 Å². The van der Waals surface area contributed by atoms with E-state index in [2.05, 4.69) is 19.2 Å². The predicted molar refractivity (Wildman–Crippen MR) is 194 cm³/mol. The van der Waals surface area contributed by atoms with E-state index in [4.69, 9.17) is 18.9 Å². The Hall–Kier alpha value is -1.42. The van der Waals surface area contributed by atoms with Crippen molar-refractivity contribution < 1.29 is 59.2 Å². The number of nitrogens with one attached hydrogen (secondary N) is 1. The third-order valence-electron chi connectivity index (χ3n) is 9.61. The molecule has 13 nitrogen and oxygen atoms in total. The van der Waals surface area contributed by atoms with Crippen LogP contribution >= 0.6 is 0 Å². The van der Waals surface area contributed by atoms with Gasteiger partial charge in [0.15, 0.2) is 0 Å². The molecule has 0 aromatic carbocycles. The number of rotatable bonds is 33. The second-order valence-electron chi connectivity index (χ2n) is 14.2. The van der Waals surface area contributed by atoms with Crippen LogP contribution in [0, 0.1) is 0 Å². The summed E-state index contributed by atoms with van der Waals surface area (Å²) in [6.45, 7) is 5.19. The van der Waals surface area contributed by atoms with Gasteiger partial charge < -0.3 is 54.9 Å². The highest BCUT2D eigenvalue weighted by Gasteiger charge is 2.62. The van der Waals surface area contributed by atoms with Crippen molar-refractivity contribution in [2.45, 2.75) is 198 Å². The number of ether oxygens (including phenoxy) is 4. The Labute approximate surface area is 306 Å². The van der Waals surface area contributed by atoms with Crippen molar-refractivity contribution in [3.05, 3.63) is 0 Å². The predicted octanol–water partition coefficient (Wildman–Crippen LogP) is 4.37. The number of carboxylic acid groups (broad SMARTS) is 1. The highest BCUT2D eigenvalue weighted by molar-refractivity contribution is 5.77. The Bertz CT molecular complexity index is 882. The van der Waals surface area contributed by atoms with Crippen molar-refractivity contribution in [2.24, 2.45) is 0 Å². The van der Waals surface area contributed by atoms with E-state index < -0.39 is 73.5 Å². The normalized spacial score (nSPS) is 23.9. The zero-order chi connectivity index (χ0) is 37.9. The third kappa shape index (κ3) is 19.0. The van der Waals surface area contributed by atoms with E-state index in [1.807, 2.05) is 0 Å². The lowest BCUT2D eigenvalue weighted by Gasteiger charge is -2.49. The lowest BCUT2D eigenvalue weighted by atomic mass is 9.86. The fourth-order valence-electron chi connectivity index (χ4n) is 6.44. The average molecular weight is 736 g/mol. The summed E-state index contributed by atoms with van der Waals surface area (Å²) in [4.78, 5) is 24.5. The van der Waals surface area contributed by atoms with Crippen LogP contribution < -0.4 is 5.32 Å². The molecule has 0 spiro atoms. The molecule has 0 aromatic heterocycles. The second kappa shape index (κ2) is 29.0. The molecular formula is C38H73NO12. The number of carbonyl (C=O) groups is 2. The summed E-state index contributed by atoms with van der Waals surface area (Å²) in [5, 5.41) is 64.8. The number of hydrogen-bond donors (Lipinski definition) is 7. The minimum absolute atomic E-state index is 0.0906. The van der Waals surface area contributed by atoms with Crippen molar-refractivity contribution in [3.8, 4) is 0 Å². The summed E-state index contributed by atoms with van der Waals surface area (Å²) in [6, 6.07) is -1.53. The van der Waals surface area contributed by atoms with Crippen molar-refractivity contribution >= 4 is 11.9 Å². The molecule has 51 heavy (non-hydrogen) atoms. The standard InChI is InChI=1S/C38H73NO12/c1-4-6-8-10-12-14-16-18-20-22-24-48-27-30(49-25-23-21-19-17-15-13-11-9-7-5-2)28-50-38(37(46)47)36(45)34(44)32(39-29(3)41)35(51-38)33(43)31(42)26-40/h30-36,40,42-45H,4-28H2,1-3H3,(H,39,41)(H,46,47)/t30-,31-,32-,33-,34-,35-,36+,38-/m1/s1.